The van der Waals surface area contributed by atoms with Crippen LogP contribution in [0.3, 0.4) is 0 Å². The quantitative estimate of drug-likeness (QED) is 0.252. The highest BCUT2D eigenvalue weighted by Crippen LogP contribution is 2.37. The number of hydrogen-bond donors (Lipinski definition) is 0. The third-order valence-corrected chi connectivity index (χ3v) is 3.02. The number of carbonyl (C=O) groups excluding carboxylic acids is 1. The van der Waals surface area contributed by atoms with Crippen molar-refractivity contribution in [3.8, 4) is 17.2 Å². The minimum absolute atomic E-state index is 0.351. The van der Waals surface area contributed by atoms with E-state index in [-0.39, 0.29) is 0 Å². The molecular weight excluding hydrogens is 316 g/mol. The molecule has 0 atom stereocenters. The van der Waals surface area contributed by atoms with Gasteiger partial charge in [0.1, 0.15) is 13.2 Å². The average Bonchev–Trinajstić information content (AvgIpc) is 2.56. The lowest BCUT2D eigenvalue weighted by atomic mass is 10.3. The van der Waals surface area contributed by atoms with E-state index in [1.165, 1.54) is 6.08 Å². The molecule has 0 saturated heterocycles. The number of rotatable bonds is 10. The number of allylic oxidation sites excluding steroid dienone is 3. The van der Waals surface area contributed by atoms with Gasteiger partial charge in [-0.3, -0.25) is 0 Å². The van der Waals surface area contributed by atoms with E-state index in [0.29, 0.717) is 30.5 Å². The monoisotopic (exact) mass is 344 g/mol. The molecule has 0 aliphatic heterocycles. The standard InChI is InChI=1S/C21H28O4/c1-5-7-9-14-23-18-12-11-13-19(25-20(22)16-17(3)4)21(18)24-15-10-8-6-2/h7-13,16H,5-6,14-15H2,1-4H3. The molecule has 1 aromatic rings. The summed E-state index contributed by atoms with van der Waals surface area (Å²) >= 11 is 0. The van der Waals surface area contributed by atoms with Gasteiger partial charge in [-0.05, 0) is 38.8 Å². The molecule has 1 aromatic carbocycles. The maximum atomic E-state index is 11.9. The van der Waals surface area contributed by atoms with Crippen molar-refractivity contribution in [2.24, 2.45) is 0 Å². The molecule has 4 nitrogen and oxygen atoms in total. The van der Waals surface area contributed by atoms with Crippen LogP contribution in [0, 0.1) is 0 Å². The van der Waals surface area contributed by atoms with Gasteiger partial charge in [-0.25, -0.2) is 4.79 Å². The second kappa shape index (κ2) is 12.0. The van der Waals surface area contributed by atoms with Crippen LogP contribution >= 0.6 is 0 Å². The van der Waals surface area contributed by atoms with Gasteiger partial charge in [0.05, 0.1) is 0 Å². The fraction of sp³-hybridized carbons (Fsp3) is 0.381. The summed E-state index contributed by atoms with van der Waals surface area (Å²) in [6, 6.07) is 5.28. The third-order valence-electron chi connectivity index (χ3n) is 3.02. The summed E-state index contributed by atoms with van der Waals surface area (Å²) < 4.78 is 17.0. The number of para-hydroxylation sites is 1. The highest BCUT2D eigenvalue weighted by molar-refractivity contribution is 5.85. The first kappa shape index (κ1) is 20.6. The minimum atomic E-state index is -0.433. The maximum Gasteiger partial charge on any atom is 0.336 e. The molecule has 0 saturated carbocycles. The molecule has 0 amide bonds. The fourth-order valence-electron chi connectivity index (χ4n) is 1.94. The smallest absolute Gasteiger partial charge is 0.336 e. The van der Waals surface area contributed by atoms with Crippen LogP contribution in [0.2, 0.25) is 0 Å². The molecule has 0 radical (unpaired) electrons. The Morgan fingerprint density at radius 1 is 0.920 bits per heavy atom. The van der Waals surface area contributed by atoms with E-state index in [1.54, 1.807) is 18.2 Å². The van der Waals surface area contributed by atoms with Crippen molar-refractivity contribution in [2.45, 2.75) is 40.5 Å². The van der Waals surface area contributed by atoms with E-state index in [1.807, 2.05) is 38.2 Å². The van der Waals surface area contributed by atoms with Crippen LogP contribution in [-0.4, -0.2) is 19.2 Å². The molecule has 0 aliphatic carbocycles. The van der Waals surface area contributed by atoms with Crippen LogP contribution in [0.5, 0.6) is 17.2 Å². The SMILES string of the molecule is CCC=CCOc1cccc(OC(=O)C=C(C)C)c1OCC=CCC. The summed E-state index contributed by atoms with van der Waals surface area (Å²) in [7, 11) is 0. The second-order valence-electron chi connectivity index (χ2n) is 5.61. The van der Waals surface area contributed by atoms with Crippen molar-refractivity contribution in [3.05, 3.63) is 54.2 Å². The van der Waals surface area contributed by atoms with Crippen LogP contribution < -0.4 is 14.2 Å². The van der Waals surface area contributed by atoms with Crippen molar-refractivity contribution in [1.29, 1.82) is 0 Å². The molecule has 0 bridgehead atoms. The van der Waals surface area contributed by atoms with E-state index in [2.05, 4.69) is 13.8 Å². The zero-order valence-corrected chi connectivity index (χ0v) is 15.6. The number of benzene rings is 1. The summed E-state index contributed by atoms with van der Waals surface area (Å²) in [6.07, 6.45) is 11.3. The number of carbonyl (C=O) groups is 1. The van der Waals surface area contributed by atoms with Gasteiger partial charge in [-0.2, -0.15) is 0 Å². The normalized spacial score (nSPS) is 10.9. The topological polar surface area (TPSA) is 44.8 Å². The van der Waals surface area contributed by atoms with Crippen LogP contribution in [-0.2, 0) is 4.79 Å². The first-order valence-electron chi connectivity index (χ1n) is 8.63. The molecule has 0 heterocycles. The van der Waals surface area contributed by atoms with E-state index < -0.39 is 5.97 Å². The molecule has 1 rings (SSSR count). The van der Waals surface area contributed by atoms with Gasteiger partial charge in [0, 0.05) is 6.08 Å². The Bertz CT molecular complexity index is 623. The Hall–Kier alpha value is -2.49. The molecule has 0 N–H and O–H groups in total. The number of ether oxygens (including phenoxy) is 3. The molecule has 0 aliphatic rings. The summed E-state index contributed by atoms with van der Waals surface area (Å²) in [4.78, 5) is 11.9. The molecule has 4 heteroatoms. The third kappa shape index (κ3) is 8.25. The van der Waals surface area contributed by atoms with Gasteiger partial charge in [0.15, 0.2) is 11.5 Å². The first-order valence-corrected chi connectivity index (χ1v) is 8.63. The van der Waals surface area contributed by atoms with Crippen molar-refractivity contribution < 1.29 is 19.0 Å². The highest BCUT2D eigenvalue weighted by atomic mass is 16.6. The van der Waals surface area contributed by atoms with E-state index in [0.717, 1.165) is 18.4 Å². The van der Waals surface area contributed by atoms with Crippen LogP contribution in [0.15, 0.2) is 54.2 Å². The van der Waals surface area contributed by atoms with Crippen LogP contribution in [0.1, 0.15) is 40.5 Å². The Balaban J connectivity index is 2.99. The first-order chi connectivity index (χ1) is 12.1. The van der Waals surface area contributed by atoms with E-state index >= 15 is 0 Å². The van der Waals surface area contributed by atoms with Crippen molar-refractivity contribution in [2.75, 3.05) is 13.2 Å². The lowest BCUT2D eigenvalue weighted by molar-refractivity contribution is -0.129. The van der Waals surface area contributed by atoms with Gasteiger partial charge in [0.25, 0.3) is 0 Å². The zero-order chi connectivity index (χ0) is 18.5. The highest BCUT2D eigenvalue weighted by Gasteiger charge is 2.14. The van der Waals surface area contributed by atoms with Crippen molar-refractivity contribution >= 4 is 5.97 Å². The zero-order valence-electron chi connectivity index (χ0n) is 15.6. The molecule has 0 spiro atoms. The van der Waals surface area contributed by atoms with Gasteiger partial charge in [-0.1, -0.05) is 49.8 Å². The Kier molecular flexibility index (Phi) is 9.83. The lowest BCUT2D eigenvalue weighted by Crippen LogP contribution is -2.08. The van der Waals surface area contributed by atoms with Gasteiger partial charge in [0.2, 0.25) is 5.75 Å². The van der Waals surface area contributed by atoms with Crippen molar-refractivity contribution in [1.82, 2.24) is 0 Å². The number of hydrogen-bond acceptors (Lipinski definition) is 4. The molecule has 136 valence electrons. The second-order valence-corrected chi connectivity index (χ2v) is 5.61. The van der Waals surface area contributed by atoms with Crippen molar-refractivity contribution in [3.63, 3.8) is 0 Å². The summed E-state index contributed by atoms with van der Waals surface area (Å²) in [5.41, 5.74) is 0.871. The Morgan fingerprint density at radius 3 is 2.12 bits per heavy atom. The molecule has 0 aromatic heterocycles. The van der Waals surface area contributed by atoms with Crippen LogP contribution in [0.4, 0.5) is 0 Å². The molecule has 0 fully saturated rings. The number of esters is 1. The predicted molar refractivity (Wildman–Crippen MR) is 101 cm³/mol. The molecular formula is C21H28O4. The summed E-state index contributed by atoms with van der Waals surface area (Å²) in [6.45, 7) is 8.61. The predicted octanol–water partition coefficient (Wildman–Crippen LogP) is 5.25. The maximum absolute atomic E-state index is 11.9. The van der Waals surface area contributed by atoms with E-state index in [9.17, 15) is 4.79 Å². The average molecular weight is 344 g/mol. The minimum Gasteiger partial charge on any atom is -0.485 e. The lowest BCUT2D eigenvalue weighted by Gasteiger charge is -2.14. The summed E-state index contributed by atoms with van der Waals surface area (Å²) in [5.74, 6) is 0.901. The fourth-order valence-corrected chi connectivity index (χ4v) is 1.94. The van der Waals surface area contributed by atoms with Crippen LogP contribution in [0.25, 0.3) is 0 Å². The largest absolute Gasteiger partial charge is 0.485 e. The van der Waals surface area contributed by atoms with E-state index in [4.69, 9.17) is 14.2 Å². The van der Waals surface area contributed by atoms with Gasteiger partial charge in [-0.15, -0.1) is 0 Å². The molecule has 25 heavy (non-hydrogen) atoms. The Labute approximate surface area is 150 Å². The Morgan fingerprint density at radius 2 is 1.52 bits per heavy atom. The molecule has 0 unspecified atom stereocenters. The van der Waals surface area contributed by atoms with Gasteiger partial charge < -0.3 is 14.2 Å². The van der Waals surface area contributed by atoms with Gasteiger partial charge >= 0.3 is 5.97 Å². The summed E-state index contributed by atoms with van der Waals surface area (Å²) in [5, 5.41) is 0.